The number of amides is 1. The minimum Gasteiger partial charge on any atom is -0.497 e. The van der Waals surface area contributed by atoms with E-state index in [9.17, 15) is 20.0 Å². The number of nitrogens with zero attached hydrogens (tertiary/aromatic N) is 1. The zero-order chi connectivity index (χ0) is 18.0. The number of carboxylic acids is 1. The maximum absolute atomic E-state index is 12.5. The van der Waals surface area contributed by atoms with Crippen LogP contribution in [-0.4, -0.2) is 24.1 Å². The molecule has 1 aromatic carbocycles. The number of hydrogen-bond donors (Lipinski definition) is 2. The average Bonchev–Trinajstić information content (AvgIpc) is 2.98. The molecule has 25 heavy (non-hydrogen) atoms. The van der Waals surface area contributed by atoms with Crippen LogP contribution in [0.4, 0.5) is 5.00 Å². The summed E-state index contributed by atoms with van der Waals surface area (Å²) in [5.41, 5.74) is 1.24. The molecule has 3 rings (SSSR count). The highest BCUT2D eigenvalue weighted by molar-refractivity contribution is 7.16. The van der Waals surface area contributed by atoms with Crippen LogP contribution in [0.3, 0.4) is 0 Å². The Bertz CT molecular complexity index is 882. The van der Waals surface area contributed by atoms with E-state index in [0.29, 0.717) is 28.3 Å². The topological polar surface area (TPSA) is 99.4 Å². The molecule has 0 saturated heterocycles. The molecule has 0 spiro atoms. The maximum atomic E-state index is 12.5. The predicted molar refractivity (Wildman–Crippen MR) is 93.3 cm³/mol. The quantitative estimate of drug-likeness (QED) is 0.875. The van der Waals surface area contributed by atoms with Gasteiger partial charge in [0.15, 0.2) is 0 Å². The molecule has 2 N–H and O–H groups in total. The van der Waals surface area contributed by atoms with Gasteiger partial charge >= 0.3 is 5.97 Å². The Morgan fingerprint density at radius 1 is 1.44 bits per heavy atom. The molecule has 1 heterocycles. The van der Waals surface area contributed by atoms with Gasteiger partial charge in [-0.05, 0) is 37.5 Å². The SMILES string of the molecule is COc1cccc(C(=O)Nc2sc3c(c2C#N)C(C(=O)O)CCC3)c1. The summed E-state index contributed by atoms with van der Waals surface area (Å²) in [4.78, 5) is 24.9. The number of ether oxygens (including phenoxy) is 1. The van der Waals surface area contributed by atoms with E-state index >= 15 is 0 Å². The van der Waals surface area contributed by atoms with Gasteiger partial charge in [-0.25, -0.2) is 0 Å². The smallest absolute Gasteiger partial charge is 0.311 e. The zero-order valence-electron chi connectivity index (χ0n) is 13.5. The third-order valence-corrected chi connectivity index (χ3v) is 5.42. The van der Waals surface area contributed by atoms with Crippen molar-refractivity contribution in [3.05, 3.63) is 45.8 Å². The molecule has 1 aliphatic rings. The first kappa shape index (κ1) is 17.0. The van der Waals surface area contributed by atoms with E-state index in [1.54, 1.807) is 24.3 Å². The number of methoxy groups -OCH3 is 1. The van der Waals surface area contributed by atoms with E-state index in [2.05, 4.69) is 11.4 Å². The van der Waals surface area contributed by atoms with Gasteiger partial charge < -0.3 is 15.2 Å². The van der Waals surface area contributed by atoms with Gasteiger partial charge in [-0.2, -0.15) is 5.26 Å². The number of nitrogens with one attached hydrogen (secondary N) is 1. The minimum atomic E-state index is -0.930. The van der Waals surface area contributed by atoms with Crippen LogP contribution in [0.25, 0.3) is 0 Å². The number of rotatable bonds is 4. The van der Waals surface area contributed by atoms with Crippen molar-refractivity contribution in [1.29, 1.82) is 5.26 Å². The molecule has 0 saturated carbocycles. The van der Waals surface area contributed by atoms with Crippen molar-refractivity contribution in [2.75, 3.05) is 12.4 Å². The van der Waals surface area contributed by atoms with Gasteiger partial charge in [0.1, 0.15) is 16.8 Å². The normalized spacial score (nSPS) is 15.8. The van der Waals surface area contributed by atoms with E-state index in [4.69, 9.17) is 4.74 Å². The van der Waals surface area contributed by atoms with Crippen molar-refractivity contribution in [3.8, 4) is 11.8 Å². The predicted octanol–water partition coefficient (Wildman–Crippen LogP) is 3.39. The van der Waals surface area contributed by atoms with Gasteiger partial charge in [-0.1, -0.05) is 6.07 Å². The fraction of sp³-hybridized carbons (Fsp3) is 0.278. The number of carbonyl (C=O) groups excluding carboxylic acids is 1. The lowest BCUT2D eigenvalue weighted by atomic mass is 9.85. The lowest BCUT2D eigenvalue weighted by Crippen LogP contribution is -2.17. The molecule has 1 aliphatic carbocycles. The highest BCUT2D eigenvalue weighted by atomic mass is 32.1. The molecule has 7 heteroatoms. The van der Waals surface area contributed by atoms with Crippen LogP contribution in [-0.2, 0) is 11.2 Å². The van der Waals surface area contributed by atoms with Crippen LogP contribution in [0.5, 0.6) is 5.75 Å². The highest BCUT2D eigenvalue weighted by Gasteiger charge is 2.33. The van der Waals surface area contributed by atoms with Crippen LogP contribution < -0.4 is 10.1 Å². The van der Waals surface area contributed by atoms with Gasteiger partial charge in [0.2, 0.25) is 0 Å². The average molecular weight is 356 g/mol. The summed E-state index contributed by atoms with van der Waals surface area (Å²) >= 11 is 1.29. The lowest BCUT2D eigenvalue weighted by Gasteiger charge is -2.18. The van der Waals surface area contributed by atoms with Gasteiger partial charge in [-0.3, -0.25) is 9.59 Å². The number of fused-ring (bicyclic) bond motifs is 1. The molecule has 1 unspecified atom stereocenters. The highest BCUT2D eigenvalue weighted by Crippen LogP contribution is 2.43. The number of thiophene rings is 1. The molecular formula is C18H16N2O4S. The van der Waals surface area contributed by atoms with Crippen LogP contribution in [0.2, 0.25) is 0 Å². The first-order valence-corrected chi connectivity index (χ1v) is 8.60. The molecule has 2 aromatic rings. The first-order chi connectivity index (χ1) is 12.0. The van der Waals surface area contributed by atoms with Gasteiger partial charge in [0, 0.05) is 16.0 Å². The number of nitriles is 1. The van der Waals surface area contributed by atoms with E-state index < -0.39 is 11.9 Å². The number of hydrogen-bond acceptors (Lipinski definition) is 5. The Hall–Kier alpha value is -2.85. The molecule has 0 bridgehead atoms. The van der Waals surface area contributed by atoms with E-state index in [-0.39, 0.29) is 11.5 Å². The number of benzene rings is 1. The third-order valence-electron chi connectivity index (χ3n) is 4.24. The summed E-state index contributed by atoms with van der Waals surface area (Å²) in [6.07, 6.45) is 2.00. The van der Waals surface area contributed by atoms with Crippen molar-refractivity contribution in [1.82, 2.24) is 0 Å². The summed E-state index contributed by atoms with van der Waals surface area (Å²) < 4.78 is 5.11. The number of aryl methyl sites for hydroxylation is 1. The second-order valence-electron chi connectivity index (χ2n) is 5.72. The van der Waals surface area contributed by atoms with Gasteiger partial charge in [0.05, 0.1) is 18.6 Å². The summed E-state index contributed by atoms with van der Waals surface area (Å²) in [6, 6.07) is 8.77. The Labute approximate surface area is 148 Å². The van der Waals surface area contributed by atoms with Crippen molar-refractivity contribution < 1.29 is 19.4 Å². The second-order valence-corrected chi connectivity index (χ2v) is 6.83. The third kappa shape index (κ3) is 3.21. The molecule has 0 fully saturated rings. The van der Waals surface area contributed by atoms with E-state index in [1.165, 1.54) is 18.4 Å². The van der Waals surface area contributed by atoms with Crippen molar-refractivity contribution >= 4 is 28.2 Å². The van der Waals surface area contributed by atoms with E-state index in [1.807, 2.05) is 0 Å². The Morgan fingerprint density at radius 3 is 2.92 bits per heavy atom. The summed E-state index contributed by atoms with van der Waals surface area (Å²) in [5.74, 6) is -1.41. The fourth-order valence-corrected chi connectivity index (χ4v) is 4.29. The number of carboxylic acid groups (broad SMARTS) is 1. The zero-order valence-corrected chi connectivity index (χ0v) is 14.4. The molecular weight excluding hydrogens is 340 g/mol. The van der Waals surface area contributed by atoms with Crippen molar-refractivity contribution in [2.45, 2.75) is 25.2 Å². The molecule has 128 valence electrons. The Kier molecular flexibility index (Phi) is 4.72. The van der Waals surface area contributed by atoms with Crippen molar-refractivity contribution in [3.63, 3.8) is 0 Å². The van der Waals surface area contributed by atoms with Crippen LogP contribution >= 0.6 is 11.3 Å². The van der Waals surface area contributed by atoms with Gasteiger partial charge in [0.25, 0.3) is 5.91 Å². The summed E-state index contributed by atoms with van der Waals surface area (Å²) in [6.45, 7) is 0. The molecule has 0 radical (unpaired) electrons. The number of carbonyl (C=O) groups is 2. The monoisotopic (exact) mass is 356 g/mol. The largest absolute Gasteiger partial charge is 0.497 e. The minimum absolute atomic E-state index is 0.267. The molecule has 6 nitrogen and oxygen atoms in total. The summed E-state index contributed by atoms with van der Waals surface area (Å²) in [7, 11) is 1.52. The summed E-state index contributed by atoms with van der Waals surface area (Å²) in [5, 5.41) is 22.1. The van der Waals surface area contributed by atoms with Crippen LogP contribution in [0.1, 0.15) is 45.1 Å². The van der Waals surface area contributed by atoms with Crippen LogP contribution in [0, 0.1) is 11.3 Å². The molecule has 0 aliphatic heterocycles. The molecule has 1 amide bonds. The molecule has 1 aromatic heterocycles. The second kappa shape index (κ2) is 6.95. The van der Waals surface area contributed by atoms with Crippen molar-refractivity contribution in [2.24, 2.45) is 0 Å². The first-order valence-electron chi connectivity index (χ1n) is 7.79. The van der Waals surface area contributed by atoms with Crippen LogP contribution in [0.15, 0.2) is 24.3 Å². The standard InChI is InChI=1S/C18H16N2O4S/c1-24-11-5-2-4-10(8-11)16(21)20-17-13(9-19)15-12(18(22)23)6-3-7-14(15)25-17/h2,4-5,8,12H,3,6-7H2,1H3,(H,20,21)(H,22,23). The van der Waals surface area contributed by atoms with Gasteiger partial charge in [-0.15, -0.1) is 11.3 Å². The number of aliphatic carboxylic acids is 1. The lowest BCUT2D eigenvalue weighted by molar-refractivity contribution is -0.139. The maximum Gasteiger partial charge on any atom is 0.311 e. The fourth-order valence-electron chi connectivity index (χ4n) is 3.04. The number of anilines is 1. The Balaban J connectivity index is 1.94. The Morgan fingerprint density at radius 2 is 2.24 bits per heavy atom. The van der Waals surface area contributed by atoms with E-state index in [0.717, 1.165) is 17.7 Å². The molecule has 1 atom stereocenters.